The number of aromatic nitrogens is 2. The Hall–Kier alpha value is -2.55. The Kier molecular flexibility index (Phi) is 5.86. The molecule has 0 aliphatic carbocycles. The zero-order valence-corrected chi connectivity index (χ0v) is 17.7. The lowest BCUT2D eigenvalue weighted by molar-refractivity contribution is -0.137. The summed E-state index contributed by atoms with van der Waals surface area (Å²) in [6.07, 6.45) is -4.92. The maximum atomic E-state index is 13.0. The second kappa shape index (κ2) is 7.94. The number of halogens is 4. The van der Waals surface area contributed by atoms with E-state index >= 15 is 0 Å². The van der Waals surface area contributed by atoms with Crippen molar-refractivity contribution in [2.24, 2.45) is 0 Å². The molecule has 1 N–H and O–H groups in total. The summed E-state index contributed by atoms with van der Waals surface area (Å²) in [4.78, 5) is 22.2. The van der Waals surface area contributed by atoms with Gasteiger partial charge in [0.15, 0.2) is 0 Å². The van der Waals surface area contributed by atoms with Gasteiger partial charge in [0.2, 0.25) is 5.28 Å². The van der Waals surface area contributed by atoms with Gasteiger partial charge in [0.05, 0.1) is 24.3 Å². The molecule has 1 amide bonds. The van der Waals surface area contributed by atoms with Crippen LogP contribution in [0.1, 0.15) is 56.1 Å². The first-order valence-corrected chi connectivity index (χ1v) is 9.68. The minimum Gasteiger partial charge on any atom is -0.444 e. The number of hydrogen-bond donors (Lipinski definition) is 1. The summed E-state index contributed by atoms with van der Waals surface area (Å²) < 4.78 is 44.5. The summed E-state index contributed by atoms with van der Waals surface area (Å²) in [6, 6.07) is 4.58. The molecule has 30 heavy (non-hydrogen) atoms. The Bertz CT molecular complexity index is 960. The highest BCUT2D eigenvalue weighted by molar-refractivity contribution is 6.28. The third-order valence-electron chi connectivity index (χ3n) is 4.47. The molecule has 1 aliphatic rings. The van der Waals surface area contributed by atoms with Gasteiger partial charge in [0.25, 0.3) is 0 Å². The summed E-state index contributed by atoms with van der Waals surface area (Å²) in [7, 11) is 0. The minimum atomic E-state index is -4.43. The lowest BCUT2D eigenvalue weighted by Gasteiger charge is -2.24. The zero-order chi connectivity index (χ0) is 22.3. The normalized spacial score (nSPS) is 15.0. The van der Waals surface area contributed by atoms with Gasteiger partial charge in [-0.25, -0.2) is 14.8 Å². The fraction of sp³-hybridized carbons (Fsp3) is 0.450. The quantitative estimate of drug-likeness (QED) is 0.629. The molecule has 1 aromatic heterocycles. The van der Waals surface area contributed by atoms with Crippen LogP contribution in [0.5, 0.6) is 0 Å². The molecule has 6 nitrogen and oxygen atoms in total. The van der Waals surface area contributed by atoms with E-state index < -0.39 is 29.5 Å². The van der Waals surface area contributed by atoms with E-state index in [9.17, 15) is 18.0 Å². The lowest BCUT2D eigenvalue weighted by atomic mass is 10.0. The Morgan fingerprint density at radius 1 is 1.23 bits per heavy atom. The molecule has 0 saturated carbocycles. The number of anilines is 1. The maximum Gasteiger partial charge on any atom is 0.416 e. The fourth-order valence-corrected chi connectivity index (χ4v) is 3.26. The van der Waals surface area contributed by atoms with Crippen molar-refractivity contribution in [3.05, 3.63) is 51.9 Å². The van der Waals surface area contributed by atoms with Gasteiger partial charge in [-0.05, 0) is 57.0 Å². The number of ether oxygens (including phenoxy) is 1. The first kappa shape index (κ1) is 22.1. The number of hydrogen-bond acceptors (Lipinski definition) is 5. The molecule has 2 aromatic rings. The standard InChI is InChI=1S/C20H22ClF3N4O2/c1-11(12-6-5-7-13(8-12)20(22,23)24)25-16-14-9-28(18(29)30-19(2,3)4)10-15(14)26-17(21)27-16/h5-8,11H,9-10H2,1-4H3,(H,25,26,27)/t11-/m1/s1. The summed E-state index contributed by atoms with van der Waals surface area (Å²) >= 11 is 6.03. The van der Waals surface area contributed by atoms with Crippen molar-refractivity contribution in [1.82, 2.24) is 14.9 Å². The van der Waals surface area contributed by atoms with Crippen LogP contribution in [-0.2, 0) is 24.0 Å². The second-order valence-electron chi connectivity index (χ2n) is 8.09. The maximum absolute atomic E-state index is 13.0. The zero-order valence-electron chi connectivity index (χ0n) is 17.0. The number of rotatable bonds is 3. The van der Waals surface area contributed by atoms with Crippen LogP contribution in [0.25, 0.3) is 0 Å². The molecule has 0 saturated heterocycles. The molecule has 2 heterocycles. The minimum absolute atomic E-state index is 0.0152. The molecule has 1 atom stereocenters. The third-order valence-corrected chi connectivity index (χ3v) is 4.64. The van der Waals surface area contributed by atoms with Crippen molar-refractivity contribution in [1.29, 1.82) is 0 Å². The molecule has 10 heteroatoms. The van der Waals surface area contributed by atoms with Crippen LogP contribution in [-0.4, -0.2) is 26.6 Å². The van der Waals surface area contributed by atoms with Crippen molar-refractivity contribution in [3.8, 4) is 0 Å². The number of carbonyl (C=O) groups is 1. The van der Waals surface area contributed by atoms with E-state index in [1.807, 2.05) is 0 Å². The molecule has 162 valence electrons. The van der Waals surface area contributed by atoms with E-state index in [-0.39, 0.29) is 18.4 Å². The third kappa shape index (κ3) is 5.13. The summed E-state index contributed by atoms with van der Waals surface area (Å²) in [5, 5.41) is 3.09. The van der Waals surface area contributed by atoms with Crippen molar-refractivity contribution >= 4 is 23.5 Å². The Labute approximate surface area is 177 Å². The van der Waals surface area contributed by atoms with Crippen molar-refractivity contribution in [2.75, 3.05) is 5.32 Å². The van der Waals surface area contributed by atoms with Crippen LogP contribution in [0.4, 0.5) is 23.8 Å². The molecule has 3 rings (SSSR count). The summed E-state index contributed by atoms with van der Waals surface area (Å²) in [6.45, 7) is 7.45. The van der Waals surface area contributed by atoms with Gasteiger partial charge in [0, 0.05) is 11.6 Å². The summed E-state index contributed by atoms with van der Waals surface area (Å²) in [5.41, 5.74) is 0.295. The van der Waals surface area contributed by atoms with Crippen LogP contribution in [0, 0.1) is 0 Å². The van der Waals surface area contributed by atoms with Gasteiger partial charge < -0.3 is 10.1 Å². The van der Waals surface area contributed by atoms with E-state index in [4.69, 9.17) is 16.3 Å². The predicted octanol–water partition coefficient (Wildman–Crippen LogP) is 5.57. The molecular formula is C20H22ClF3N4O2. The number of alkyl halides is 3. The average Bonchev–Trinajstić information content (AvgIpc) is 3.04. The average molecular weight is 443 g/mol. The monoisotopic (exact) mass is 442 g/mol. The van der Waals surface area contributed by atoms with Crippen LogP contribution < -0.4 is 5.32 Å². The Morgan fingerprint density at radius 3 is 2.57 bits per heavy atom. The molecule has 1 aliphatic heterocycles. The number of nitrogens with zero attached hydrogens (tertiary/aromatic N) is 3. The largest absolute Gasteiger partial charge is 0.444 e. The Balaban J connectivity index is 1.82. The van der Waals surface area contributed by atoms with E-state index in [1.54, 1.807) is 33.8 Å². The molecule has 0 unspecified atom stereocenters. The van der Waals surface area contributed by atoms with E-state index in [0.717, 1.165) is 12.1 Å². The van der Waals surface area contributed by atoms with Gasteiger partial charge >= 0.3 is 12.3 Å². The van der Waals surface area contributed by atoms with Crippen molar-refractivity contribution in [3.63, 3.8) is 0 Å². The number of nitrogens with one attached hydrogen (secondary N) is 1. The van der Waals surface area contributed by atoms with Gasteiger partial charge in [-0.3, -0.25) is 4.90 Å². The highest BCUT2D eigenvalue weighted by Gasteiger charge is 2.33. The van der Waals surface area contributed by atoms with Crippen LogP contribution in [0.3, 0.4) is 0 Å². The molecule has 0 radical (unpaired) electrons. The molecular weight excluding hydrogens is 421 g/mol. The van der Waals surface area contributed by atoms with E-state index in [2.05, 4.69) is 15.3 Å². The van der Waals surface area contributed by atoms with Gasteiger partial charge in [0.1, 0.15) is 11.4 Å². The lowest BCUT2D eigenvalue weighted by Crippen LogP contribution is -2.33. The smallest absolute Gasteiger partial charge is 0.416 e. The van der Waals surface area contributed by atoms with Gasteiger partial charge in [-0.15, -0.1) is 0 Å². The highest BCUT2D eigenvalue weighted by atomic mass is 35.5. The van der Waals surface area contributed by atoms with Gasteiger partial charge in [-0.2, -0.15) is 13.2 Å². The van der Waals surface area contributed by atoms with Crippen LogP contribution in [0.15, 0.2) is 24.3 Å². The first-order chi connectivity index (χ1) is 13.8. The van der Waals surface area contributed by atoms with E-state index in [0.29, 0.717) is 22.6 Å². The topological polar surface area (TPSA) is 67.4 Å². The Morgan fingerprint density at radius 2 is 1.93 bits per heavy atom. The van der Waals surface area contributed by atoms with Crippen molar-refractivity contribution < 1.29 is 22.7 Å². The van der Waals surface area contributed by atoms with Crippen LogP contribution >= 0.6 is 11.6 Å². The van der Waals surface area contributed by atoms with Crippen LogP contribution in [0.2, 0.25) is 5.28 Å². The van der Waals surface area contributed by atoms with Crippen molar-refractivity contribution in [2.45, 2.75) is 58.6 Å². The molecule has 0 spiro atoms. The fourth-order valence-electron chi connectivity index (χ4n) is 3.07. The number of fused-ring (bicyclic) bond motifs is 1. The number of carbonyl (C=O) groups excluding carboxylic acids is 1. The second-order valence-corrected chi connectivity index (χ2v) is 8.43. The first-order valence-electron chi connectivity index (χ1n) is 9.30. The summed E-state index contributed by atoms with van der Waals surface area (Å²) in [5.74, 6) is 0.376. The van der Waals surface area contributed by atoms with E-state index in [1.165, 1.54) is 11.0 Å². The van der Waals surface area contributed by atoms with Gasteiger partial charge in [-0.1, -0.05) is 12.1 Å². The predicted molar refractivity (Wildman–Crippen MR) is 106 cm³/mol. The molecule has 0 fully saturated rings. The number of benzene rings is 1. The SMILES string of the molecule is C[C@@H](Nc1nc(Cl)nc2c1CN(C(=O)OC(C)(C)C)C2)c1cccc(C(F)(F)F)c1. The number of amides is 1. The molecule has 0 bridgehead atoms. The molecule has 1 aromatic carbocycles. The highest BCUT2D eigenvalue weighted by Crippen LogP contribution is 2.33.